The lowest BCUT2D eigenvalue weighted by atomic mass is 10.0. The maximum Gasteiger partial charge on any atom is 0.387 e. The van der Waals surface area contributed by atoms with Crippen LogP contribution in [0.3, 0.4) is 0 Å². The van der Waals surface area contributed by atoms with Crippen LogP contribution >= 0.6 is 11.6 Å². The number of anilines is 1. The Hall–Kier alpha value is -4.11. The van der Waals surface area contributed by atoms with Gasteiger partial charge in [0.2, 0.25) is 5.79 Å². The summed E-state index contributed by atoms with van der Waals surface area (Å²) in [5, 5.41) is 7.34. The number of carbonyl (C=O) groups excluding carboxylic acids is 1. The van der Waals surface area contributed by atoms with E-state index in [9.17, 15) is 13.6 Å². The number of hydrogen-bond acceptors (Lipinski definition) is 5. The Kier molecular flexibility index (Phi) is 6.47. The smallest absolute Gasteiger partial charge is 0.387 e. The predicted molar refractivity (Wildman–Crippen MR) is 135 cm³/mol. The van der Waals surface area contributed by atoms with Crippen LogP contribution in [0.5, 0.6) is 17.2 Å². The zero-order valence-electron chi connectivity index (χ0n) is 19.9. The van der Waals surface area contributed by atoms with E-state index in [4.69, 9.17) is 21.1 Å². The first-order valence-electron chi connectivity index (χ1n) is 11.3. The van der Waals surface area contributed by atoms with E-state index in [0.717, 1.165) is 5.56 Å². The minimum atomic E-state index is -2.92. The molecule has 0 saturated heterocycles. The van der Waals surface area contributed by atoms with Crippen molar-refractivity contribution in [2.75, 3.05) is 5.32 Å². The fourth-order valence-electron chi connectivity index (χ4n) is 4.05. The predicted octanol–water partition coefficient (Wildman–Crippen LogP) is 7.14. The summed E-state index contributed by atoms with van der Waals surface area (Å²) in [7, 11) is 0. The van der Waals surface area contributed by atoms with Gasteiger partial charge in [-0.1, -0.05) is 30.3 Å². The molecule has 5 rings (SSSR count). The molecule has 3 aromatic carbocycles. The second-order valence-corrected chi connectivity index (χ2v) is 9.00. The van der Waals surface area contributed by atoms with Crippen molar-refractivity contribution in [3.05, 3.63) is 78.5 Å². The zero-order valence-corrected chi connectivity index (χ0v) is 20.6. The lowest BCUT2D eigenvalue weighted by molar-refractivity contribution is -0.0499. The third-order valence-corrected chi connectivity index (χ3v) is 5.88. The molecule has 0 bridgehead atoms. The highest BCUT2D eigenvalue weighted by atomic mass is 35.5. The molecule has 0 spiro atoms. The summed E-state index contributed by atoms with van der Waals surface area (Å²) < 4.78 is 42.4. The van der Waals surface area contributed by atoms with Crippen molar-refractivity contribution in [2.45, 2.75) is 32.1 Å². The molecule has 1 aliphatic heterocycles. The second kappa shape index (κ2) is 9.74. The van der Waals surface area contributed by atoms with Gasteiger partial charge >= 0.3 is 12.6 Å². The number of rotatable bonds is 6. The van der Waals surface area contributed by atoms with E-state index in [0.29, 0.717) is 39.6 Å². The topological polar surface area (TPSA) is 74.6 Å². The fourth-order valence-corrected chi connectivity index (χ4v) is 4.25. The van der Waals surface area contributed by atoms with Gasteiger partial charge < -0.3 is 19.5 Å². The molecule has 190 valence electrons. The average Bonchev–Trinajstić information content (AvgIpc) is 3.44. The van der Waals surface area contributed by atoms with E-state index in [2.05, 4.69) is 15.2 Å². The zero-order chi connectivity index (χ0) is 26.2. The summed E-state index contributed by atoms with van der Waals surface area (Å²) in [6.07, 6.45) is 1.61. The van der Waals surface area contributed by atoms with Crippen molar-refractivity contribution in [1.82, 2.24) is 9.78 Å². The van der Waals surface area contributed by atoms with Crippen LogP contribution in [-0.2, 0) is 5.88 Å². The summed E-state index contributed by atoms with van der Waals surface area (Å²) in [6, 6.07) is 18.4. The van der Waals surface area contributed by atoms with Crippen molar-refractivity contribution in [3.63, 3.8) is 0 Å². The number of carbonyl (C=O) groups is 1. The lowest BCUT2D eigenvalue weighted by Gasteiger charge is -2.16. The highest BCUT2D eigenvalue weighted by molar-refractivity contribution is 6.17. The van der Waals surface area contributed by atoms with E-state index in [1.165, 1.54) is 16.8 Å². The molecule has 7 nitrogen and oxygen atoms in total. The standard InChI is InChI=1S/C27H22ClF2N3O4/c1-27(2)36-22-13-19(12-18(14-28)24(22)37-27)31-26(34)33-15-21(16-6-4-3-5-7-16)23(32-33)17-8-10-20(11-9-17)35-25(29)30/h3-13,15,25H,14H2,1-2H3,(H,31,34). The maximum absolute atomic E-state index is 13.2. The van der Waals surface area contributed by atoms with Crippen molar-refractivity contribution in [1.29, 1.82) is 0 Å². The van der Waals surface area contributed by atoms with Gasteiger partial charge in [-0.15, -0.1) is 11.6 Å². The third kappa shape index (κ3) is 5.22. The van der Waals surface area contributed by atoms with Gasteiger partial charge in [-0.25, -0.2) is 4.79 Å². The number of nitrogens with one attached hydrogen (secondary N) is 1. The number of alkyl halides is 3. The van der Waals surface area contributed by atoms with E-state index >= 15 is 0 Å². The largest absolute Gasteiger partial charge is 0.449 e. The van der Waals surface area contributed by atoms with Gasteiger partial charge in [0.25, 0.3) is 0 Å². The van der Waals surface area contributed by atoms with Gasteiger partial charge in [-0.2, -0.15) is 18.6 Å². The molecule has 2 heterocycles. The summed E-state index contributed by atoms with van der Waals surface area (Å²) in [4.78, 5) is 13.2. The molecular formula is C27H22ClF2N3O4. The first kappa shape index (κ1) is 24.6. The number of amides is 1. The summed E-state index contributed by atoms with van der Waals surface area (Å²) in [5.74, 6) is 0.378. The van der Waals surface area contributed by atoms with Crippen molar-refractivity contribution < 1.29 is 27.8 Å². The molecule has 0 saturated carbocycles. The molecule has 1 aliphatic rings. The molecule has 0 unspecified atom stereocenters. The van der Waals surface area contributed by atoms with Crippen molar-refractivity contribution in [3.8, 4) is 39.6 Å². The summed E-state index contributed by atoms with van der Waals surface area (Å²) in [6.45, 7) is 0.646. The molecule has 0 atom stereocenters. The van der Waals surface area contributed by atoms with Crippen LogP contribution in [0.2, 0.25) is 0 Å². The number of fused-ring (bicyclic) bond motifs is 1. The molecule has 1 amide bonds. The molecule has 0 aliphatic carbocycles. The molecule has 0 radical (unpaired) electrons. The Morgan fingerprint density at radius 2 is 1.81 bits per heavy atom. The number of ether oxygens (including phenoxy) is 3. The highest BCUT2D eigenvalue weighted by Gasteiger charge is 2.34. The summed E-state index contributed by atoms with van der Waals surface area (Å²) in [5.41, 5.74) is 3.79. The van der Waals surface area contributed by atoms with E-state index in [1.54, 1.807) is 44.3 Å². The second-order valence-electron chi connectivity index (χ2n) is 8.74. The van der Waals surface area contributed by atoms with E-state index in [-0.39, 0.29) is 11.6 Å². The SMILES string of the molecule is CC1(C)Oc2cc(NC(=O)n3cc(-c4ccccc4)c(-c4ccc(OC(F)F)cc4)n3)cc(CCl)c2O1. The van der Waals surface area contributed by atoms with Crippen molar-refractivity contribution in [2.24, 2.45) is 0 Å². The molecule has 1 N–H and O–H groups in total. The van der Waals surface area contributed by atoms with Crippen LogP contribution in [0.25, 0.3) is 22.4 Å². The highest BCUT2D eigenvalue weighted by Crippen LogP contribution is 2.44. The molecule has 0 fully saturated rings. The third-order valence-electron chi connectivity index (χ3n) is 5.59. The van der Waals surface area contributed by atoms with Crippen LogP contribution in [0, 0.1) is 0 Å². The van der Waals surface area contributed by atoms with E-state index in [1.807, 2.05) is 30.3 Å². The molecule has 1 aromatic heterocycles. The van der Waals surface area contributed by atoms with Gasteiger partial charge in [0, 0.05) is 48.5 Å². The molecular weight excluding hydrogens is 504 g/mol. The lowest BCUT2D eigenvalue weighted by Crippen LogP contribution is -2.29. The van der Waals surface area contributed by atoms with E-state index < -0.39 is 18.4 Å². The number of aromatic nitrogens is 2. The van der Waals surface area contributed by atoms with Gasteiger partial charge in [0.05, 0.1) is 5.88 Å². The van der Waals surface area contributed by atoms with Crippen LogP contribution in [-0.4, -0.2) is 28.2 Å². The van der Waals surface area contributed by atoms with Crippen LogP contribution < -0.4 is 19.5 Å². The number of nitrogens with zero attached hydrogens (tertiary/aromatic N) is 2. The number of halogens is 3. The van der Waals surface area contributed by atoms with Crippen LogP contribution in [0.1, 0.15) is 19.4 Å². The van der Waals surface area contributed by atoms with Gasteiger partial charge in [0.15, 0.2) is 11.5 Å². The Morgan fingerprint density at radius 1 is 1.08 bits per heavy atom. The quantitative estimate of drug-likeness (QED) is 0.271. The first-order valence-corrected chi connectivity index (χ1v) is 11.9. The average molecular weight is 526 g/mol. The van der Waals surface area contributed by atoms with Crippen molar-refractivity contribution >= 4 is 23.3 Å². The fraction of sp³-hybridized carbons (Fsp3) is 0.185. The Balaban J connectivity index is 1.48. The monoisotopic (exact) mass is 525 g/mol. The molecule has 10 heteroatoms. The Morgan fingerprint density at radius 3 is 2.49 bits per heavy atom. The first-order chi connectivity index (χ1) is 17.7. The Labute approximate surface area is 216 Å². The van der Waals surface area contributed by atoms with Gasteiger partial charge in [0.1, 0.15) is 11.4 Å². The van der Waals surface area contributed by atoms with Crippen LogP contribution in [0.15, 0.2) is 72.9 Å². The number of hydrogen-bond donors (Lipinski definition) is 1. The Bertz CT molecular complexity index is 1440. The molecule has 37 heavy (non-hydrogen) atoms. The van der Waals surface area contributed by atoms with Gasteiger partial charge in [-0.05, 0) is 35.9 Å². The minimum absolute atomic E-state index is 0.0262. The van der Waals surface area contributed by atoms with Crippen LogP contribution in [0.4, 0.5) is 19.3 Å². The molecule has 4 aromatic rings. The summed E-state index contributed by atoms with van der Waals surface area (Å²) >= 11 is 6.11. The van der Waals surface area contributed by atoms with Gasteiger partial charge in [-0.3, -0.25) is 0 Å². The maximum atomic E-state index is 13.2. The normalized spacial score (nSPS) is 13.6. The minimum Gasteiger partial charge on any atom is -0.449 e. The number of benzene rings is 3.